The fourth-order valence-electron chi connectivity index (χ4n) is 4.50. The summed E-state index contributed by atoms with van der Waals surface area (Å²) in [7, 11) is 4.42. The monoisotopic (exact) mass is 507 g/mol. The molecule has 2 aromatic carbocycles. The van der Waals surface area contributed by atoms with Crippen LogP contribution >= 0.6 is 0 Å². The highest BCUT2D eigenvalue weighted by atomic mass is 19.1. The molecule has 0 spiro atoms. The Morgan fingerprint density at radius 1 is 1.08 bits per heavy atom. The minimum absolute atomic E-state index is 0.160. The van der Waals surface area contributed by atoms with Gasteiger partial charge in [0, 0.05) is 56.4 Å². The Hall–Kier alpha value is -4.54. The van der Waals surface area contributed by atoms with E-state index in [1.54, 1.807) is 27.8 Å². The zero-order chi connectivity index (χ0) is 26.4. The first-order valence-electron chi connectivity index (χ1n) is 11.4. The minimum atomic E-state index is -0.713. The molecule has 9 nitrogen and oxygen atoms in total. The van der Waals surface area contributed by atoms with Crippen LogP contribution in [-0.2, 0) is 17.9 Å². The average molecular weight is 507 g/mol. The number of carbonyl (C=O) groups excluding carboxylic acids is 3. The molecule has 0 bridgehead atoms. The summed E-state index contributed by atoms with van der Waals surface area (Å²) >= 11 is 0. The van der Waals surface area contributed by atoms with Gasteiger partial charge in [-0.3, -0.25) is 14.4 Å². The summed E-state index contributed by atoms with van der Waals surface area (Å²) in [6.45, 7) is 0.855. The van der Waals surface area contributed by atoms with Crippen LogP contribution in [0.2, 0.25) is 0 Å². The zero-order valence-corrected chi connectivity index (χ0v) is 20.3. The number of ketones is 1. The van der Waals surface area contributed by atoms with E-state index in [1.165, 1.54) is 44.4 Å². The highest BCUT2D eigenvalue weighted by molar-refractivity contribution is 6.44. The van der Waals surface area contributed by atoms with Crippen LogP contribution in [0.5, 0.6) is 5.75 Å². The smallest absolute Gasteiger partial charge is 0.294 e. The summed E-state index contributed by atoms with van der Waals surface area (Å²) < 4.78 is 35.0. The summed E-state index contributed by atoms with van der Waals surface area (Å²) in [6, 6.07) is 6.49. The Bertz CT molecular complexity index is 1570. The summed E-state index contributed by atoms with van der Waals surface area (Å²) in [5.74, 6) is -2.42. The van der Waals surface area contributed by atoms with Crippen molar-refractivity contribution in [2.75, 3.05) is 27.7 Å². The molecule has 1 N–H and O–H groups in total. The van der Waals surface area contributed by atoms with Crippen molar-refractivity contribution in [1.82, 2.24) is 24.3 Å². The number of nitrogens with zero attached hydrogens (tertiary/aromatic N) is 4. The number of aromatic amines is 1. The number of likely N-dealkylation sites (N-methyl/N-ethyl adjacent to an activating group) is 1. The van der Waals surface area contributed by atoms with E-state index in [4.69, 9.17) is 4.74 Å². The molecule has 0 fully saturated rings. The van der Waals surface area contributed by atoms with Crippen LogP contribution in [0, 0.1) is 11.6 Å². The van der Waals surface area contributed by atoms with E-state index < -0.39 is 23.3 Å². The van der Waals surface area contributed by atoms with Gasteiger partial charge in [0.25, 0.3) is 17.6 Å². The molecule has 0 radical (unpaired) electrons. The standard InChI is InChI=1S/C26H23F2N5O4/c1-31(2)26(36)23(34)19-12-29-21-10-22(37-3)18(9-17(19)21)25(35)32-6-7-33-15(13-32)11-30-24(33)16-5-4-14(27)8-20(16)28/h4-5,8-12,29H,6-7,13H2,1-3H3. The van der Waals surface area contributed by atoms with Crippen LogP contribution in [0.25, 0.3) is 22.3 Å². The van der Waals surface area contributed by atoms with E-state index in [-0.39, 0.29) is 29.1 Å². The van der Waals surface area contributed by atoms with E-state index in [9.17, 15) is 23.2 Å². The van der Waals surface area contributed by atoms with E-state index in [1.807, 2.05) is 0 Å². The van der Waals surface area contributed by atoms with E-state index in [0.717, 1.165) is 6.07 Å². The van der Waals surface area contributed by atoms with Crippen molar-refractivity contribution in [2.45, 2.75) is 13.1 Å². The maximum Gasteiger partial charge on any atom is 0.294 e. The van der Waals surface area contributed by atoms with Crippen molar-refractivity contribution < 1.29 is 27.9 Å². The molecule has 3 heterocycles. The van der Waals surface area contributed by atoms with Gasteiger partial charge in [0.05, 0.1) is 42.2 Å². The molecule has 11 heteroatoms. The first kappa shape index (κ1) is 24.2. The topological polar surface area (TPSA) is 101 Å². The van der Waals surface area contributed by atoms with E-state index in [0.29, 0.717) is 41.3 Å². The van der Waals surface area contributed by atoms with Crippen molar-refractivity contribution in [3.8, 4) is 17.1 Å². The van der Waals surface area contributed by atoms with Gasteiger partial charge in [-0.25, -0.2) is 13.8 Å². The van der Waals surface area contributed by atoms with Crippen LogP contribution in [0.4, 0.5) is 8.78 Å². The van der Waals surface area contributed by atoms with Gasteiger partial charge in [-0.15, -0.1) is 0 Å². The number of amides is 2. The third-order valence-electron chi connectivity index (χ3n) is 6.42. The summed E-state index contributed by atoms with van der Waals surface area (Å²) in [5.41, 5.74) is 1.81. The molecule has 1 aliphatic rings. The second kappa shape index (κ2) is 9.16. The fourth-order valence-corrected chi connectivity index (χ4v) is 4.50. The van der Waals surface area contributed by atoms with Crippen LogP contribution < -0.4 is 4.74 Å². The van der Waals surface area contributed by atoms with Gasteiger partial charge in [-0.1, -0.05) is 0 Å². The predicted octanol–water partition coefficient (Wildman–Crippen LogP) is 3.25. The SMILES string of the molecule is COc1cc2[nH]cc(C(=O)C(=O)N(C)C)c2cc1C(=O)N1CCn2c(cnc2-c2ccc(F)cc2F)C1. The van der Waals surface area contributed by atoms with E-state index in [2.05, 4.69) is 9.97 Å². The number of rotatable bonds is 5. The number of Topliss-reactive ketones (excluding diaryl/α,β-unsaturated/α-hetero) is 1. The Kier molecular flexibility index (Phi) is 5.98. The number of fused-ring (bicyclic) bond motifs is 2. The van der Waals surface area contributed by atoms with Gasteiger partial charge in [0.2, 0.25) is 0 Å². The third-order valence-corrected chi connectivity index (χ3v) is 6.42. The Balaban J connectivity index is 1.47. The molecular formula is C26H23F2N5O4. The fraction of sp³-hybridized carbons (Fsp3) is 0.231. The molecule has 5 rings (SSSR count). The molecule has 37 heavy (non-hydrogen) atoms. The van der Waals surface area contributed by atoms with Gasteiger partial charge >= 0.3 is 0 Å². The summed E-state index contributed by atoms with van der Waals surface area (Å²) in [4.78, 5) is 48.6. The lowest BCUT2D eigenvalue weighted by Crippen LogP contribution is -2.38. The Morgan fingerprint density at radius 2 is 1.86 bits per heavy atom. The number of carbonyl (C=O) groups is 3. The first-order valence-corrected chi connectivity index (χ1v) is 11.4. The van der Waals surface area contributed by atoms with Crippen LogP contribution in [0.15, 0.2) is 42.7 Å². The maximum atomic E-state index is 14.4. The lowest BCUT2D eigenvalue weighted by Gasteiger charge is -2.29. The Labute approximate surface area is 210 Å². The predicted molar refractivity (Wildman–Crippen MR) is 130 cm³/mol. The molecule has 0 saturated carbocycles. The largest absolute Gasteiger partial charge is 0.496 e. The van der Waals surface area contributed by atoms with Gasteiger partial charge < -0.3 is 24.1 Å². The number of halogens is 2. The molecule has 4 aromatic rings. The van der Waals surface area contributed by atoms with Crippen molar-refractivity contribution in [1.29, 1.82) is 0 Å². The quantitative estimate of drug-likeness (QED) is 0.330. The molecule has 0 saturated heterocycles. The number of hydrogen-bond acceptors (Lipinski definition) is 5. The zero-order valence-electron chi connectivity index (χ0n) is 20.3. The van der Waals surface area contributed by atoms with Crippen LogP contribution in [-0.4, -0.2) is 69.7 Å². The first-order chi connectivity index (χ1) is 17.7. The molecule has 0 atom stereocenters. The maximum absolute atomic E-state index is 14.4. The number of H-pyrrole nitrogens is 1. The van der Waals surface area contributed by atoms with E-state index >= 15 is 0 Å². The molecule has 2 amide bonds. The van der Waals surface area contributed by atoms with Crippen molar-refractivity contribution in [3.05, 3.63) is 71.2 Å². The molecule has 0 unspecified atom stereocenters. The van der Waals surface area contributed by atoms with Gasteiger partial charge in [-0.2, -0.15) is 0 Å². The van der Waals surface area contributed by atoms with Gasteiger partial charge in [-0.05, 0) is 18.2 Å². The lowest BCUT2D eigenvalue weighted by molar-refractivity contribution is -0.124. The van der Waals surface area contributed by atoms with Crippen LogP contribution in [0.3, 0.4) is 0 Å². The highest BCUT2D eigenvalue weighted by Gasteiger charge is 2.29. The second-order valence-corrected chi connectivity index (χ2v) is 8.90. The molecule has 2 aromatic heterocycles. The Morgan fingerprint density at radius 3 is 2.57 bits per heavy atom. The number of methoxy groups -OCH3 is 1. The number of hydrogen-bond donors (Lipinski definition) is 1. The van der Waals surface area contributed by atoms with Crippen molar-refractivity contribution in [2.24, 2.45) is 0 Å². The third kappa shape index (κ3) is 4.11. The lowest BCUT2D eigenvalue weighted by atomic mass is 10.0. The van der Waals surface area contributed by atoms with Crippen molar-refractivity contribution in [3.63, 3.8) is 0 Å². The number of benzene rings is 2. The second-order valence-electron chi connectivity index (χ2n) is 8.90. The number of nitrogens with one attached hydrogen (secondary N) is 1. The summed E-state index contributed by atoms with van der Waals surface area (Å²) in [6.07, 6.45) is 3.01. The number of aromatic nitrogens is 3. The molecule has 0 aliphatic carbocycles. The normalized spacial score (nSPS) is 12.9. The molecule has 190 valence electrons. The number of imidazole rings is 1. The molecule has 1 aliphatic heterocycles. The summed E-state index contributed by atoms with van der Waals surface area (Å²) in [5, 5.41) is 0.431. The molecular weight excluding hydrogens is 484 g/mol. The van der Waals surface area contributed by atoms with Gasteiger partial charge in [0.1, 0.15) is 23.2 Å². The highest BCUT2D eigenvalue weighted by Crippen LogP contribution is 2.31. The van der Waals surface area contributed by atoms with Gasteiger partial charge in [0.15, 0.2) is 0 Å². The average Bonchev–Trinajstić information content (AvgIpc) is 3.50. The van der Waals surface area contributed by atoms with Crippen LogP contribution in [0.1, 0.15) is 26.4 Å². The van der Waals surface area contributed by atoms with Crippen molar-refractivity contribution >= 4 is 28.5 Å². The number of ether oxygens (including phenoxy) is 1. The minimum Gasteiger partial charge on any atom is -0.496 e.